The van der Waals surface area contributed by atoms with E-state index in [1.807, 2.05) is 0 Å². The van der Waals surface area contributed by atoms with Crippen molar-refractivity contribution in [3.05, 3.63) is 53.3 Å². The summed E-state index contributed by atoms with van der Waals surface area (Å²) < 4.78 is 21.7. The van der Waals surface area contributed by atoms with Gasteiger partial charge in [0.2, 0.25) is 5.78 Å². The van der Waals surface area contributed by atoms with E-state index < -0.39 is 0 Å². The SMILES string of the molecule is COc1cccc(/C=C2\Oc3cc(OC(=O)C4CC4)ccc3C2=O)c1OC. The molecule has 0 radical (unpaired) electrons. The smallest absolute Gasteiger partial charge is 0.314 e. The van der Waals surface area contributed by atoms with Gasteiger partial charge in [-0.15, -0.1) is 0 Å². The molecule has 6 nitrogen and oxygen atoms in total. The van der Waals surface area contributed by atoms with Crippen LogP contribution in [0.1, 0.15) is 28.8 Å². The van der Waals surface area contributed by atoms with Gasteiger partial charge in [0, 0.05) is 11.6 Å². The zero-order chi connectivity index (χ0) is 19.0. The standard InChI is InChI=1S/C21H18O6/c1-24-16-5-3-4-13(20(16)25-2)10-18-19(22)15-9-8-14(11-17(15)27-18)26-21(23)12-6-7-12/h3-5,8-12H,6-7H2,1-2H3/b18-10-. The number of ether oxygens (including phenoxy) is 4. The average molecular weight is 366 g/mol. The van der Waals surface area contributed by atoms with Crippen molar-refractivity contribution in [2.45, 2.75) is 12.8 Å². The van der Waals surface area contributed by atoms with Gasteiger partial charge in [0.05, 0.1) is 25.7 Å². The molecule has 6 heteroatoms. The summed E-state index contributed by atoms with van der Waals surface area (Å²) in [6.45, 7) is 0. The molecule has 1 saturated carbocycles. The third kappa shape index (κ3) is 3.26. The number of para-hydroxylation sites is 1. The van der Waals surface area contributed by atoms with Crippen LogP contribution in [0.25, 0.3) is 6.08 Å². The van der Waals surface area contributed by atoms with Crippen molar-refractivity contribution < 1.29 is 28.5 Å². The van der Waals surface area contributed by atoms with Crippen LogP contribution in [0.4, 0.5) is 0 Å². The molecule has 1 aliphatic heterocycles. The highest BCUT2D eigenvalue weighted by molar-refractivity contribution is 6.14. The number of fused-ring (bicyclic) bond motifs is 1. The molecule has 2 aliphatic rings. The van der Waals surface area contributed by atoms with Crippen LogP contribution in [0.3, 0.4) is 0 Å². The normalized spacial score (nSPS) is 16.7. The summed E-state index contributed by atoms with van der Waals surface area (Å²) in [5.74, 6) is 1.50. The lowest BCUT2D eigenvalue weighted by molar-refractivity contribution is -0.135. The molecule has 0 atom stereocenters. The number of ketones is 1. The molecule has 138 valence electrons. The Bertz CT molecular complexity index is 955. The second-order valence-electron chi connectivity index (χ2n) is 6.38. The fourth-order valence-corrected chi connectivity index (χ4v) is 2.92. The first-order valence-corrected chi connectivity index (χ1v) is 8.61. The zero-order valence-electron chi connectivity index (χ0n) is 15.0. The van der Waals surface area contributed by atoms with Crippen molar-refractivity contribution in [1.82, 2.24) is 0 Å². The zero-order valence-corrected chi connectivity index (χ0v) is 15.0. The Morgan fingerprint density at radius 1 is 1.15 bits per heavy atom. The van der Waals surface area contributed by atoms with E-state index in [1.54, 1.807) is 49.6 Å². The molecular formula is C21H18O6. The first-order chi connectivity index (χ1) is 13.1. The predicted octanol–water partition coefficient (Wildman–Crippen LogP) is 3.64. The van der Waals surface area contributed by atoms with E-state index in [0.29, 0.717) is 34.1 Å². The van der Waals surface area contributed by atoms with Gasteiger partial charge in [-0.2, -0.15) is 0 Å². The minimum Gasteiger partial charge on any atom is -0.493 e. The molecule has 27 heavy (non-hydrogen) atoms. The van der Waals surface area contributed by atoms with E-state index in [9.17, 15) is 9.59 Å². The van der Waals surface area contributed by atoms with Crippen molar-refractivity contribution in [3.63, 3.8) is 0 Å². The molecule has 1 aliphatic carbocycles. The summed E-state index contributed by atoms with van der Waals surface area (Å²) in [5, 5.41) is 0. The number of esters is 1. The molecular weight excluding hydrogens is 348 g/mol. The number of methoxy groups -OCH3 is 2. The molecule has 1 fully saturated rings. The number of benzene rings is 2. The minimum absolute atomic E-state index is 0.00297. The number of hydrogen-bond donors (Lipinski definition) is 0. The number of hydrogen-bond acceptors (Lipinski definition) is 6. The summed E-state index contributed by atoms with van der Waals surface area (Å²) >= 11 is 0. The van der Waals surface area contributed by atoms with Crippen LogP contribution in [-0.2, 0) is 4.79 Å². The van der Waals surface area contributed by atoms with Crippen LogP contribution < -0.4 is 18.9 Å². The van der Waals surface area contributed by atoms with Crippen LogP contribution in [0.5, 0.6) is 23.0 Å². The summed E-state index contributed by atoms with van der Waals surface area (Å²) in [4.78, 5) is 24.4. The van der Waals surface area contributed by atoms with Gasteiger partial charge in [-0.3, -0.25) is 9.59 Å². The van der Waals surface area contributed by atoms with Crippen LogP contribution in [0.15, 0.2) is 42.2 Å². The van der Waals surface area contributed by atoms with Crippen LogP contribution in [0.2, 0.25) is 0 Å². The molecule has 0 aromatic heterocycles. The second kappa shape index (κ2) is 6.79. The van der Waals surface area contributed by atoms with E-state index in [4.69, 9.17) is 18.9 Å². The van der Waals surface area contributed by atoms with E-state index in [0.717, 1.165) is 12.8 Å². The molecule has 0 spiro atoms. The first kappa shape index (κ1) is 17.1. The van der Waals surface area contributed by atoms with Gasteiger partial charge in [0.1, 0.15) is 11.5 Å². The van der Waals surface area contributed by atoms with Crippen LogP contribution in [-0.4, -0.2) is 26.0 Å². The van der Waals surface area contributed by atoms with Gasteiger partial charge in [-0.25, -0.2) is 0 Å². The van der Waals surface area contributed by atoms with E-state index in [1.165, 1.54) is 7.11 Å². The largest absolute Gasteiger partial charge is 0.493 e. The molecule has 0 saturated heterocycles. The highest BCUT2D eigenvalue weighted by Gasteiger charge is 2.33. The quantitative estimate of drug-likeness (QED) is 0.457. The van der Waals surface area contributed by atoms with E-state index in [2.05, 4.69) is 0 Å². The molecule has 2 aromatic rings. The summed E-state index contributed by atoms with van der Waals surface area (Å²) in [6.07, 6.45) is 3.35. The van der Waals surface area contributed by atoms with Gasteiger partial charge in [-0.05, 0) is 37.1 Å². The maximum Gasteiger partial charge on any atom is 0.314 e. The second-order valence-corrected chi connectivity index (χ2v) is 6.38. The number of rotatable bonds is 5. The third-order valence-electron chi connectivity index (χ3n) is 4.49. The lowest BCUT2D eigenvalue weighted by atomic mass is 10.1. The number of carbonyl (C=O) groups is 2. The Labute approximate surface area is 156 Å². The predicted molar refractivity (Wildman–Crippen MR) is 97.3 cm³/mol. The first-order valence-electron chi connectivity index (χ1n) is 8.61. The van der Waals surface area contributed by atoms with Crippen LogP contribution >= 0.6 is 0 Å². The lowest BCUT2D eigenvalue weighted by Crippen LogP contribution is -2.09. The molecule has 0 N–H and O–H groups in total. The molecule has 2 aromatic carbocycles. The summed E-state index contributed by atoms with van der Waals surface area (Å²) in [5.41, 5.74) is 1.09. The minimum atomic E-state index is -0.241. The Morgan fingerprint density at radius 2 is 1.96 bits per heavy atom. The van der Waals surface area contributed by atoms with Gasteiger partial charge in [0.15, 0.2) is 17.3 Å². The fraction of sp³-hybridized carbons (Fsp3) is 0.238. The highest BCUT2D eigenvalue weighted by Crippen LogP contribution is 2.38. The van der Waals surface area contributed by atoms with Gasteiger partial charge in [-0.1, -0.05) is 12.1 Å². The van der Waals surface area contributed by atoms with Crippen molar-refractivity contribution in [1.29, 1.82) is 0 Å². The number of allylic oxidation sites excluding steroid dienone is 1. The molecule has 4 rings (SSSR count). The third-order valence-corrected chi connectivity index (χ3v) is 4.49. The maximum atomic E-state index is 12.6. The Kier molecular flexibility index (Phi) is 4.32. The van der Waals surface area contributed by atoms with E-state index in [-0.39, 0.29) is 23.4 Å². The summed E-state index contributed by atoms with van der Waals surface area (Å²) in [7, 11) is 3.08. The summed E-state index contributed by atoms with van der Waals surface area (Å²) in [6, 6.07) is 10.2. The Hall–Kier alpha value is -3.28. The molecule has 0 unspecified atom stereocenters. The van der Waals surface area contributed by atoms with Crippen molar-refractivity contribution in [3.8, 4) is 23.0 Å². The Morgan fingerprint density at radius 3 is 2.67 bits per heavy atom. The van der Waals surface area contributed by atoms with Gasteiger partial charge >= 0.3 is 5.97 Å². The van der Waals surface area contributed by atoms with Crippen molar-refractivity contribution in [2.24, 2.45) is 5.92 Å². The van der Waals surface area contributed by atoms with Crippen molar-refractivity contribution >= 4 is 17.8 Å². The topological polar surface area (TPSA) is 71.1 Å². The monoisotopic (exact) mass is 366 g/mol. The molecule has 1 heterocycles. The van der Waals surface area contributed by atoms with E-state index >= 15 is 0 Å². The number of carbonyl (C=O) groups excluding carboxylic acids is 2. The van der Waals surface area contributed by atoms with Gasteiger partial charge < -0.3 is 18.9 Å². The number of Topliss-reactive ketones (excluding diaryl/α,β-unsaturated/α-hetero) is 1. The average Bonchev–Trinajstić information content (AvgIpc) is 3.48. The highest BCUT2D eigenvalue weighted by atomic mass is 16.5. The fourth-order valence-electron chi connectivity index (χ4n) is 2.92. The maximum absolute atomic E-state index is 12.6. The van der Waals surface area contributed by atoms with Crippen molar-refractivity contribution in [2.75, 3.05) is 14.2 Å². The van der Waals surface area contributed by atoms with Crippen LogP contribution in [0, 0.1) is 5.92 Å². The Balaban J connectivity index is 1.61. The lowest BCUT2D eigenvalue weighted by Gasteiger charge is -2.10. The van der Waals surface area contributed by atoms with Gasteiger partial charge in [0.25, 0.3) is 0 Å². The molecule has 0 amide bonds. The molecule has 0 bridgehead atoms.